The van der Waals surface area contributed by atoms with Crippen molar-refractivity contribution < 1.29 is 19.0 Å². The van der Waals surface area contributed by atoms with E-state index in [2.05, 4.69) is 23.1 Å². The summed E-state index contributed by atoms with van der Waals surface area (Å²) in [4.78, 5) is 12.7. The highest BCUT2D eigenvalue weighted by atomic mass is 16.5. The summed E-state index contributed by atoms with van der Waals surface area (Å²) >= 11 is 0. The van der Waals surface area contributed by atoms with Gasteiger partial charge in [-0.1, -0.05) is 31.5 Å². The molecule has 1 saturated heterocycles. The Labute approximate surface area is 178 Å². The number of methoxy groups -OCH3 is 2. The minimum absolute atomic E-state index is 0.00843. The molecule has 2 aromatic carbocycles. The smallest absolute Gasteiger partial charge is 0.238 e. The Morgan fingerprint density at radius 1 is 1.10 bits per heavy atom. The summed E-state index contributed by atoms with van der Waals surface area (Å²) in [6.45, 7) is 3.22. The van der Waals surface area contributed by atoms with Crippen molar-refractivity contribution >= 4 is 5.91 Å². The number of carbonyl (C=O) groups is 1. The molecule has 0 spiro atoms. The molecular formula is C23H31N3O4. The van der Waals surface area contributed by atoms with Crippen LogP contribution < -0.4 is 30.4 Å². The number of hydrazine groups is 1. The van der Waals surface area contributed by atoms with Gasteiger partial charge in [0.1, 0.15) is 23.3 Å². The summed E-state index contributed by atoms with van der Waals surface area (Å²) in [5.41, 5.74) is 8.31. The Balaban J connectivity index is 1.58. The van der Waals surface area contributed by atoms with Gasteiger partial charge in [-0.05, 0) is 31.0 Å². The minimum Gasteiger partial charge on any atom is -0.497 e. The van der Waals surface area contributed by atoms with Crippen molar-refractivity contribution in [3.8, 4) is 17.2 Å². The molecule has 3 rings (SSSR count). The number of hydrogen-bond donors (Lipinski definition) is 3. The van der Waals surface area contributed by atoms with Gasteiger partial charge in [-0.2, -0.15) is 0 Å². The first-order valence-electron chi connectivity index (χ1n) is 10.4. The largest absolute Gasteiger partial charge is 0.497 e. The number of hydrogen-bond acceptors (Lipinski definition) is 6. The quantitative estimate of drug-likeness (QED) is 0.520. The zero-order valence-corrected chi connectivity index (χ0v) is 17.9. The van der Waals surface area contributed by atoms with Gasteiger partial charge < -0.3 is 19.5 Å². The molecule has 1 aliphatic heterocycles. The molecule has 0 aliphatic carbocycles. The fourth-order valence-electron chi connectivity index (χ4n) is 3.46. The van der Waals surface area contributed by atoms with E-state index in [4.69, 9.17) is 14.2 Å². The standard InChI is InChI=1S/C23H31N3O4/c1-4-5-12-30-21-9-7-6-8-18(21)19-14-20(26-25-19)23(27)24-15-16-10-11-17(28-2)13-22(16)29-3/h6-11,13,19-20,25-26H,4-5,12,14-15H2,1-3H3,(H,24,27). The lowest BCUT2D eigenvalue weighted by atomic mass is 10.0. The van der Waals surface area contributed by atoms with E-state index in [9.17, 15) is 4.79 Å². The number of carbonyl (C=O) groups excluding carboxylic acids is 1. The minimum atomic E-state index is -0.331. The molecule has 0 radical (unpaired) electrons. The number of para-hydroxylation sites is 1. The van der Waals surface area contributed by atoms with Gasteiger partial charge >= 0.3 is 0 Å². The predicted molar refractivity (Wildman–Crippen MR) is 116 cm³/mol. The van der Waals surface area contributed by atoms with Crippen LogP contribution in [0.3, 0.4) is 0 Å². The molecule has 2 unspecified atom stereocenters. The van der Waals surface area contributed by atoms with Crippen molar-refractivity contribution in [2.75, 3.05) is 20.8 Å². The van der Waals surface area contributed by atoms with Crippen LogP contribution >= 0.6 is 0 Å². The molecule has 162 valence electrons. The van der Waals surface area contributed by atoms with E-state index in [0.29, 0.717) is 31.1 Å². The Bertz CT molecular complexity index is 843. The van der Waals surface area contributed by atoms with E-state index in [0.717, 1.165) is 29.7 Å². The fraction of sp³-hybridized carbons (Fsp3) is 0.435. The third kappa shape index (κ3) is 5.43. The molecule has 2 aromatic rings. The van der Waals surface area contributed by atoms with Crippen molar-refractivity contribution in [2.45, 2.75) is 44.8 Å². The first-order valence-corrected chi connectivity index (χ1v) is 10.4. The monoisotopic (exact) mass is 413 g/mol. The van der Waals surface area contributed by atoms with Gasteiger partial charge in [-0.15, -0.1) is 0 Å². The van der Waals surface area contributed by atoms with Crippen LogP contribution in [0, 0.1) is 0 Å². The summed E-state index contributed by atoms with van der Waals surface area (Å²) in [5, 5.41) is 2.99. The molecule has 0 bridgehead atoms. The fourth-order valence-corrected chi connectivity index (χ4v) is 3.46. The van der Waals surface area contributed by atoms with Gasteiger partial charge in [0.25, 0.3) is 0 Å². The lowest BCUT2D eigenvalue weighted by molar-refractivity contribution is -0.123. The highest BCUT2D eigenvalue weighted by molar-refractivity contribution is 5.82. The normalized spacial score (nSPS) is 18.1. The molecule has 2 atom stereocenters. The number of unbranched alkanes of at least 4 members (excludes halogenated alkanes) is 1. The third-order valence-electron chi connectivity index (χ3n) is 5.22. The van der Waals surface area contributed by atoms with Crippen LogP contribution in [0.25, 0.3) is 0 Å². The lowest BCUT2D eigenvalue weighted by Gasteiger charge is -2.16. The molecule has 7 heteroatoms. The second-order valence-corrected chi connectivity index (χ2v) is 7.26. The first-order chi connectivity index (χ1) is 14.7. The summed E-state index contributed by atoms with van der Waals surface area (Å²) in [6, 6.07) is 13.2. The third-order valence-corrected chi connectivity index (χ3v) is 5.22. The van der Waals surface area contributed by atoms with Gasteiger partial charge in [0.05, 0.1) is 26.9 Å². The molecule has 1 aliphatic rings. The molecular weight excluding hydrogens is 382 g/mol. The molecule has 1 heterocycles. The highest BCUT2D eigenvalue weighted by Gasteiger charge is 2.31. The van der Waals surface area contributed by atoms with Crippen LogP contribution in [0.1, 0.15) is 43.4 Å². The van der Waals surface area contributed by atoms with Crippen LogP contribution in [-0.2, 0) is 11.3 Å². The van der Waals surface area contributed by atoms with Gasteiger partial charge in [-0.25, -0.2) is 10.9 Å². The zero-order chi connectivity index (χ0) is 21.3. The number of amides is 1. The molecule has 0 saturated carbocycles. The number of benzene rings is 2. The number of rotatable bonds is 10. The Morgan fingerprint density at radius 3 is 2.70 bits per heavy atom. The van der Waals surface area contributed by atoms with E-state index in [-0.39, 0.29) is 18.0 Å². The maximum Gasteiger partial charge on any atom is 0.238 e. The van der Waals surface area contributed by atoms with Gasteiger partial charge in [0.2, 0.25) is 5.91 Å². The second kappa shape index (κ2) is 10.8. The lowest BCUT2D eigenvalue weighted by Crippen LogP contribution is -2.42. The van der Waals surface area contributed by atoms with E-state index in [1.807, 2.05) is 42.5 Å². The maximum absolute atomic E-state index is 12.7. The van der Waals surface area contributed by atoms with Crippen molar-refractivity contribution in [3.63, 3.8) is 0 Å². The van der Waals surface area contributed by atoms with Gasteiger partial charge in [-0.3, -0.25) is 4.79 Å². The molecule has 1 fully saturated rings. The maximum atomic E-state index is 12.7. The van der Waals surface area contributed by atoms with E-state index >= 15 is 0 Å². The molecule has 7 nitrogen and oxygen atoms in total. The summed E-state index contributed by atoms with van der Waals surface area (Å²) in [7, 11) is 3.21. The van der Waals surface area contributed by atoms with Crippen LogP contribution in [0.2, 0.25) is 0 Å². The van der Waals surface area contributed by atoms with Crippen molar-refractivity contribution in [3.05, 3.63) is 53.6 Å². The highest BCUT2D eigenvalue weighted by Crippen LogP contribution is 2.30. The molecule has 1 amide bonds. The van der Waals surface area contributed by atoms with Crippen molar-refractivity contribution in [1.82, 2.24) is 16.2 Å². The Kier molecular flexibility index (Phi) is 7.93. The molecule has 30 heavy (non-hydrogen) atoms. The summed E-state index contributed by atoms with van der Waals surface area (Å²) in [6.07, 6.45) is 2.75. The van der Waals surface area contributed by atoms with Crippen molar-refractivity contribution in [2.24, 2.45) is 0 Å². The van der Waals surface area contributed by atoms with Crippen LogP contribution in [0.5, 0.6) is 17.2 Å². The predicted octanol–water partition coefficient (Wildman–Crippen LogP) is 3.11. The van der Waals surface area contributed by atoms with Gasteiger partial charge in [0, 0.05) is 23.7 Å². The summed E-state index contributed by atoms with van der Waals surface area (Å²) in [5.74, 6) is 2.20. The Morgan fingerprint density at radius 2 is 1.93 bits per heavy atom. The van der Waals surface area contributed by atoms with E-state index in [1.165, 1.54) is 0 Å². The van der Waals surface area contributed by atoms with Crippen LogP contribution in [-0.4, -0.2) is 32.8 Å². The van der Waals surface area contributed by atoms with E-state index < -0.39 is 0 Å². The zero-order valence-electron chi connectivity index (χ0n) is 17.9. The molecule has 0 aromatic heterocycles. The number of nitrogens with one attached hydrogen (secondary N) is 3. The SMILES string of the molecule is CCCCOc1ccccc1C1CC(C(=O)NCc2ccc(OC)cc2OC)NN1. The first kappa shape index (κ1) is 21.9. The average molecular weight is 414 g/mol. The van der Waals surface area contributed by atoms with Crippen molar-refractivity contribution in [1.29, 1.82) is 0 Å². The summed E-state index contributed by atoms with van der Waals surface area (Å²) < 4.78 is 16.6. The van der Waals surface area contributed by atoms with Crippen LogP contribution in [0.15, 0.2) is 42.5 Å². The second-order valence-electron chi connectivity index (χ2n) is 7.26. The van der Waals surface area contributed by atoms with Crippen LogP contribution in [0.4, 0.5) is 0 Å². The average Bonchev–Trinajstić information content (AvgIpc) is 3.28. The Hall–Kier alpha value is -2.77. The molecule has 3 N–H and O–H groups in total. The van der Waals surface area contributed by atoms with Gasteiger partial charge in [0.15, 0.2) is 0 Å². The van der Waals surface area contributed by atoms with E-state index in [1.54, 1.807) is 14.2 Å². The topological polar surface area (TPSA) is 80.9 Å². The number of ether oxygens (including phenoxy) is 3.